The minimum absolute atomic E-state index is 0.0543. The number of rotatable bonds is 5. The lowest BCUT2D eigenvalue weighted by atomic mass is 9.94. The smallest absolute Gasteiger partial charge is 0.361 e. The summed E-state index contributed by atoms with van der Waals surface area (Å²) >= 11 is 0. The van der Waals surface area contributed by atoms with Crippen molar-refractivity contribution in [3.8, 4) is 0 Å². The zero-order valence-corrected chi connectivity index (χ0v) is 13.4. The van der Waals surface area contributed by atoms with Crippen LogP contribution in [0.15, 0.2) is 24.3 Å². The standard InChI is InChI=1S/C17H19NO6/c1-2-23-14(11-7-9-22-10-8-11)17(21)24-18-15(19)12-5-3-4-6-13(12)16(18)20/h3-6,11,14H,2,7-10H2,1H3. The fraction of sp³-hybridized carbons (Fsp3) is 0.471. The summed E-state index contributed by atoms with van der Waals surface area (Å²) in [6.07, 6.45) is 0.521. The molecule has 0 aromatic heterocycles. The third-order valence-electron chi connectivity index (χ3n) is 4.21. The Morgan fingerprint density at radius 2 is 1.79 bits per heavy atom. The van der Waals surface area contributed by atoms with E-state index in [0.717, 1.165) is 0 Å². The molecule has 2 heterocycles. The molecule has 2 amide bonds. The van der Waals surface area contributed by atoms with Crippen LogP contribution in [0.1, 0.15) is 40.5 Å². The van der Waals surface area contributed by atoms with Gasteiger partial charge in [-0.25, -0.2) is 4.79 Å². The average molecular weight is 333 g/mol. The van der Waals surface area contributed by atoms with Crippen molar-refractivity contribution in [3.05, 3.63) is 35.4 Å². The first kappa shape index (κ1) is 16.6. The molecule has 1 saturated heterocycles. The van der Waals surface area contributed by atoms with Crippen LogP contribution in [0.4, 0.5) is 0 Å². The molecular formula is C17H19NO6. The summed E-state index contributed by atoms with van der Waals surface area (Å²) in [5.74, 6) is -2.04. The first-order chi connectivity index (χ1) is 11.6. The minimum Gasteiger partial charge on any atom is -0.381 e. The number of fused-ring (bicyclic) bond motifs is 1. The molecule has 0 N–H and O–H groups in total. The number of hydrogen-bond donors (Lipinski definition) is 0. The van der Waals surface area contributed by atoms with Crippen molar-refractivity contribution >= 4 is 17.8 Å². The molecule has 0 spiro atoms. The first-order valence-electron chi connectivity index (χ1n) is 8.02. The second kappa shape index (κ2) is 7.11. The minimum atomic E-state index is -0.816. The van der Waals surface area contributed by atoms with Crippen LogP contribution in [0.2, 0.25) is 0 Å². The van der Waals surface area contributed by atoms with Crippen LogP contribution < -0.4 is 0 Å². The van der Waals surface area contributed by atoms with E-state index in [1.54, 1.807) is 19.1 Å². The highest BCUT2D eigenvalue weighted by Gasteiger charge is 2.41. The summed E-state index contributed by atoms with van der Waals surface area (Å²) in [4.78, 5) is 42.1. The Kier molecular flexibility index (Phi) is 4.92. The maximum Gasteiger partial charge on any atom is 0.361 e. The number of carbonyl (C=O) groups is 3. The molecule has 24 heavy (non-hydrogen) atoms. The molecule has 2 aliphatic rings. The van der Waals surface area contributed by atoms with Gasteiger partial charge in [-0.15, -0.1) is 0 Å². The van der Waals surface area contributed by atoms with Gasteiger partial charge in [0, 0.05) is 25.7 Å². The van der Waals surface area contributed by atoms with E-state index in [0.29, 0.717) is 37.7 Å². The van der Waals surface area contributed by atoms with Crippen LogP contribution in [0.3, 0.4) is 0 Å². The van der Waals surface area contributed by atoms with Crippen LogP contribution >= 0.6 is 0 Å². The maximum atomic E-state index is 12.5. The van der Waals surface area contributed by atoms with Gasteiger partial charge < -0.3 is 14.3 Å². The molecule has 128 valence electrons. The van der Waals surface area contributed by atoms with Gasteiger partial charge >= 0.3 is 5.97 Å². The Morgan fingerprint density at radius 3 is 2.33 bits per heavy atom. The number of ether oxygens (including phenoxy) is 2. The highest BCUT2D eigenvalue weighted by molar-refractivity contribution is 6.20. The van der Waals surface area contributed by atoms with E-state index in [2.05, 4.69) is 0 Å². The van der Waals surface area contributed by atoms with Crippen LogP contribution in [-0.4, -0.2) is 48.8 Å². The van der Waals surface area contributed by atoms with E-state index in [1.807, 2.05) is 0 Å². The molecule has 0 radical (unpaired) electrons. The van der Waals surface area contributed by atoms with Crippen molar-refractivity contribution in [2.45, 2.75) is 25.9 Å². The SMILES string of the molecule is CCOC(C(=O)ON1C(=O)c2ccccc2C1=O)C1CCOCC1. The van der Waals surface area contributed by atoms with Crippen LogP contribution in [0.5, 0.6) is 0 Å². The van der Waals surface area contributed by atoms with Gasteiger partial charge in [0.05, 0.1) is 11.1 Å². The molecule has 1 atom stereocenters. The molecule has 7 heteroatoms. The molecule has 0 bridgehead atoms. The van der Waals surface area contributed by atoms with Gasteiger partial charge in [-0.05, 0) is 31.9 Å². The van der Waals surface area contributed by atoms with Gasteiger partial charge in [0.1, 0.15) is 0 Å². The highest BCUT2D eigenvalue weighted by Crippen LogP contribution is 2.26. The lowest BCUT2D eigenvalue weighted by Crippen LogP contribution is -2.42. The second-order valence-electron chi connectivity index (χ2n) is 5.69. The Balaban J connectivity index is 1.73. The lowest BCUT2D eigenvalue weighted by Gasteiger charge is -2.29. The van der Waals surface area contributed by atoms with Gasteiger partial charge in [-0.3, -0.25) is 9.59 Å². The third-order valence-corrected chi connectivity index (χ3v) is 4.21. The van der Waals surface area contributed by atoms with Gasteiger partial charge in [0.15, 0.2) is 6.10 Å². The van der Waals surface area contributed by atoms with E-state index in [-0.39, 0.29) is 17.0 Å². The summed E-state index contributed by atoms with van der Waals surface area (Å²) in [6, 6.07) is 6.37. The second-order valence-corrected chi connectivity index (χ2v) is 5.69. The number of amides is 2. The quantitative estimate of drug-likeness (QED) is 0.761. The number of benzene rings is 1. The third kappa shape index (κ3) is 3.05. The zero-order valence-electron chi connectivity index (χ0n) is 13.4. The molecule has 7 nitrogen and oxygen atoms in total. The highest BCUT2D eigenvalue weighted by atomic mass is 16.7. The predicted molar refractivity (Wildman–Crippen MR) is 82.0 cm³/mol. The fourth-order valence-electron chi connectivity index (χ4n) is 2.99. The normalized spacial score (nSPS) is 19.3. The van der Waals surface area contributed by atoms with Crippen molar-refractivity contribution < 1.29 is 28.7 Å². The fourth-order valence-corrected chi connectivity index (χ4v) is 2.99. The van der Waals surface area contributed by atoms with E-state index in [4.69, 9.17) is 14.3 Å². The summed E-state index contributed by atoms with van der Waals surface area (Å²) in [5.41, 5.74) is 0.462. The van der Waals surface area contributed by atoms with E-state index < -0.39 is 23.9 Å². The molecule has 1 aromatic rings. The van der Waals surface area contributed by atoms with Crippen LogP contribution in [0, 0.1) is 5.92 Å². The molecule has 2 aliphatic heterocycles. The molecule has 1 aromatic carbocycles. The first-order valence-corrected chi connectivity index (χ1v) is 8.02. The van der Waals surface area contributed by atoms with E-state index in [9.17, 15) is 14.4 Å². The van der Waals surface area contributed by atoms with Gasteiger partial charge in [-0.2, -0.15) is 0 Å². The molecule has 0 saturated carbocycles. The zero-order chi connectivity index (χ0) is 17.1. The Morgan fingerprint density at radius 1 is 1.21 bits per heavy atom. The number of nitrogens with zero attached hydrogens (tertiary/aromatic N) is 1. The number of carbonyl (C=O) groups excluding carboxylic acids is 3. The Labute approximate surface area is 139 Å². The summed E-state index contributed by atoms with van der Waals surface area (Å²) in [5, 5.41) is 0.526. The number of hydroxylamine groups is 2. The van der Waals surface area contributed by atoms with Crippen molar-refractivity contribution in [3.63, 3.8) is 0 Å². The largest absolute Gasteiger partial charge is 0.381 e. The van der Waals surface area contributed by atoms with Crippen LogP contribution in [-0.2, 0) is 19.1 Å². The molecule has 3 rings (SSSR count). The molecule has 0 aliphatic carbocycles. The van der Waals surface area contributed by atoms with E-state index in [1.165, 1.54) is 12.1 Å². The maximum absolute atomic E-state index is 12.5. The van der Waals surface area contributed by atoms with Gasteiger partial charge in [-0.1, -0.05) is 17.2 Å². The topological polar surface area (TPSA) is 82.1 Å². The van der Waals surface area contributed by atoms with Crippen molar-refractivity contribution in [1.29, 1.82) is 0 Å². The van der Waals surface area contributed by atoms with E-state index >= 15 is 0 Å². The number of imide groups is 1. The van der Waals surface area contributed by atoms with Crippen molar-refractivity contribution in [1.82, 2.24) is 5.06 Å². The summed E-state index contributed by atoms with van der Waals surface area (Å²) < 4.78 is 10.8. The molecular weight excluding hydrogens is 314 g/mol. The summed E-state index contributed by atoms with van der Waals surface area (Å²) in [6.45, 7) is 3.21. The summed E-state index contributed by atoms with van der Waals surface area (Å²) in [7, 11) is 0. The Bertz CT molecular complexity index is 617. The average Bonchev–Trinajstić information content (AvgIpc) is 2.85. The van der Waals surface area contributed by atoms with Crippen molar-refractivity contribution in [2.24, 2.45) is 5.92 Å². The molecule has 1 unspecified atom stereocenters. The monoisotopic (exact) mass is 333 g/mol. The number of hydrogen-bond acceptors (Lipinski definition) is 6. The van der Waals surface area contributed by atoms with Gasteiger partial charge in [0.25, 0.3) is 11.8 Å². The lowest BCUT2D eigenvalue weighted by molar-refractivity contribution is -0.187. The molecule has 1 fully saturated rings. The predicted octanol–water partition coefficient (Wildman–Crippen LogP) is 1.57. The van der Waals surface area contributed by atoms with Crippen LogP contribution in [0.25, 0.3) is 0 Å². The Hall–Kier alpha value is -2.25. The van der Waals surface area contributed by atoms with Crippen molar-refractivity contribution in [2.75, 3.05) is 19.8 Å². The van der Waals surface area contributed by atoms with Gasteiger partial charge in [0.2, 0.25) is 0 Å².